The highest BCUT2D eigenvalue weighted by Gasteiger charge is 2.17. The smallest absolute Gasteiger partial charge is 0.164 e. The number of nitrogens with zero attached hydrogens (tertiary/aromatic N) is 3. The molecule has 6 heteroatoms. The van der Waals surface area contributed by atoms with Crippen LogP contribution < -0.4 is 0 Å². The lowest BCUT2D eigenvalue weighted by Crippen LogP contribution is -2.00. The third-order valence-electron chi connectivity index (χ3n) is 9.25. The highest BCUT2D eigenvalue weighted by molar-refractivity contribution is 7.26. The number of benzene rings is 7. The van der Waals surface area contributed by atoms with Gasteiger partial charge in [0.2, 0.25) is 0 Å². The molecule has 0 bridgehead atoms. The molecule has 11 aromatic rings. The second-order valence-corrected chi connectivity index (χ2v) is 13.3. The standard InChI is InChI=1S/C45H25N3O2S/c1-2-9-26(10-3-1)43-46-44(28-19-22-39-36(23-28)32-12-5-7-16-38(32)49-39)48-45(47-43)29-18-21-34-35-14-8-13-30(42(35)51-41(34)25-29)27-17-20-33-31-11-4-6-15-37(31)50-40(33)24-27/h1-25H/i8D,13D,14D,18D,21D,25D. The normalized spacial score (nSPS) is 13.6. The van der Waals surface area contributed by atoms with Gasteiger partial charge in [-0.25, -0.2) is 15.0 Å². The van der Waals surface area contributed by atoms with E-state index in [1.807, 2.05) is 115 Å². The van der Waals surface area contributed by atoms with Crippen molar-refractivity contribution in [3.8, 4) is 45.3 Å². The summed E-state index contributed by atoms with van der Waals surface area (Å²) in [4.78, 5) is 14.6. The Labute approximate surface area is 303 Å². The molecule has 11 rings (SSSR count). The first kappa shape index (κ1) is 22.9. The van der Waals surface area contributed by atoms with Crippen LogP contribution in [0.3, 0.4) is 0 Å². The number of rotatable bonds is 4. The van der Waals surface area contributed by atoms with E-state index in [0.29, 0.717) is 54.5 Å². The Morgan fingerprint density at radius 3 is 1.92 bits per heavy atom. The first-order chi connectivity index (χ1) is 27.7. The van der Waals surface area contributed by atoms with E-state index in [-0.39, 0.29) is 58.4 Å². The van der Waals surface area contributed by atoms with Gasteiger partial charge in [0.1, 0.15) is 22.3 Å². The highest BCUT2D eigenvalue weighted by Crippen LogP contribution is 2.42. The molecule has 0 spiro atoms. The number of thiophene rings is 1. The molecule has 51 heavy (non-hydrogen) atoms. The zero-order valence-corrected chi connectivity index (χ0v) is 27.4. The Morgan fingerprint density at radius 1 is 0.451 bits per heavy atom. The first-order valence-electron chi connectivity index (χ1n) is 19.4. The van der Waals surface area contributed by atoms with Gasteiger partial charge >= 0.3 is 0 Å². The van der Waals surface area contributed by atoms with Crippen molar-refractivity contribution < 1.29 is 17.1 Å². The zero-order chi connectivity index (χ0) is 38.7. The summed E-state index contributed by atoms with van der Waals surface area (Å²) in [5.41, 5.74) is 5.25. The Bertz CT molecular complexity index is 3510. The van der Waals surface area contributed by atoms with Crippen LogP contribution in [0.4, 0.5) is 0 Å². The molecule has 0 aliphatic rings. The molecular weight excluding hydrogens is 647 g/mol. The highest BCUT2D eigenvalue weighted by atomic mass is 32.1. The van der Waals surface area contributed by atoms with Crippen LogP contribution >= 0.6 is 11.3 Å². The molecule has 4 heterocycles. The summed E-state index contributed by atoms with van der Waals surface area (Å²) in [5, 5.41) is 4.18. The topological polar surface area (TPSA) is 65.0 Å². The summed E-state index contributed by atoms with van der Waals surface area (Å²) in [6.07, 6.45) is 0. The molecule has 238 valence electrons. The Balaban J connectivity index is 1.16. The molecule has 0 radical (unpaired) electrons. The maximum Gasteiger partial charge on any atom is 0.164 e. The molecule has 0 atom stereocenters. The third kappa shape index (κ3) is 4.50. The quantitative estimate of drug-likeness (QED) is 0.185. The monoisotopic (exact) mass is 677 g/mol. The fourth-order valence-corrected chi connectivity index (χ4v) is 7.95. The van der Waals surface area contributed by atoms with Crippen LogP contribution in [0.1, 0.15) is 8.22 Å². The van der Waals surface area contributed by atoms with Gasteiger partial charge in [0, 0.05) is 58.4 Å². The summed E-state index contributed by atoms with van der Waals surface area (Å²) in [5.74, 6) is 0.717. The molecule has 0 aliphatic heterocycles. The molecule has 0 unspecified atom stereocenters. The summed E-state index contributed by atoms with van der Waals surface area (Å²) in [6, 6.07) is 35.0. The maximum atomic E-state index is 9.62. The number of hydrogen-bond donors (Lipinski definition) is 0. The van der Waals surface area contributed by atoms with Gasteiger partial charge in [-0.05, 0) is 59.6 Å². The van der Waals surface area contributed by atoms with Crippen molar-refractivity contribution in [2.24, 2.45) is 0 Å². The van der Waals surface area contributed by atoms with Crippen LogP contribution in [0.2, 0.25) is 0 Å². The minimum absolute atomic E-state index is 0.0451. The predicted molar refractivity (Wildman–Crippen MR) is 209 cm³/mol. The van der Waals surface area contributed by atoms with Crippen molar-refractivity contribution in [1.82, 2.24) is 15.0 Å². The van der Waals surface area contributed by atoms with E-state index in [2.05, 4.69) is 0 Å². The summed E-state index contributed by atoms with van der Waals surface area (Å²) >= 11 is 1.17. The first-order valence-corrected chi connectivity index (χ1v) is 17.2. The van der Waals surface area contributed by atoms with Gasteiger partial charge in [-0.1, -0.05) is 103 Å². The fraction of sp³-hybridized carbons (Fsp3) is 0. The number of para-hydroxylation sites is 2. The second kappa shape index (κ2) is 10.9. The summed E-state index contributed by atoms with van der Waals surface area (Å²) in [6.45, 7) is 0. The predicted octanol–water partition coefficient (Wildman–Crippen LogP) is 12.7. The maximum absolute atomic E-state index is 9.62. The van der Waals surface area contributed by atoms with Gasteiger partial charge in [-0.3, -0.25) is 0 Å². The molecule has 0 saturated heterocycles. The van der Waals surface area contributed by atoms with Crippen LogP contribution in [0.25, 0.3) is 109 Å². The van der Waals surface area contributed by atoms with E-state index >= 15 is 0 Å². The van der Waals surface area contributed by atoms with Crippen molar-refractivity contribution in [3.05, 3.63) is 152 Å². The molecule has 5 nitrogen and oxygen atoms in total. The van der Waals surface area contributed by atoms with Gasteiger partial charge in [-0.15, -0.1) is 11.3 Å². The van der Waals surface area contributed by atoms with Gasteiger partial charge < -0.3 is 8.83 Å². The lowest BCUT2D eigenvalue weighted by atomic mass is 10.0. The molecule has 0 saturated carbocycles. The van der Waals surface area contributed by atoms with E-state index < -0.39 is 0 Å². The minimum Gasteiger partial charge on any atom is -0.456 e. The second-order valence-electron chi connectivity index (χ2n) is 12.3. The Hall–Kier alpha value is -6.63. The lowest BCUT2D eigenvalue weighted by molar-refractivity contribution is 0.668. The summed E-state index contributed by atoms with van der Waals surface area (Å²) in [7, 11) is 0. The van der Waals surface area contributed by atoms with Gasteiger partial charge in [-0.2, -0.15) is 0 Å². The molecule has 7 aromatic carbocycles. The van der Waals surface area contributed by atoms with Gasteiger partial charge in [0.25, 0.3) is 0 Å². The lowest BCUT2D eigenvalue weighted by Gasteiger charge is -2.08. The van der Waals surface area contributed by atoms with E-state index in [9.17, 15) is 4.11 Å². The van der Waals surface area contributed by atoms with Crippen molar-refractivity contribution in [2.45, 2.75) is 0 Å². The van der Waals surface area contributed by atoms with Crippen LogP contribution in [0.15, 0.2) is 160 Å². The number of furan rings is 2. The van der Waals surface area contributed by atoms with E-state index in [4.69, 9.17) is 27.9 Å². The van der Waals surface area contributed by atoms with E-state index in [1.54, 1.807) is 0 Å². The molecule has 0 N–H and O–H groups in total. The fourth-order valence-electron chi connectivity index (χ4n) is 6.81. The molecule has 0 fully saturated rings. The van der Waals surface area contributed by atoms with Crippen LogP contribution in [0.5, 0.6) is 0 Å². The van der Waals surface area contributed by atoms with Gasteiger partial charge in [0.15, 0.2) is 17.5 Å². The average Bonchev–Trinajstić information content (AvgIpc) is 3.94. The number of hydrogen-bond acceptors (Lipinski definition) is 6. The minimum atomic E-state index is -0.305. The molecule has 0 amide bonds. The van der Waals surface area contributed by atoms with Crippen LogP contribution in [0, 0.1) is 0 Å². The largest absolute Gasteiger partial charge is 0.456 e. The van der Waals surface area contributed by atoms with E-state index in [1.165, 1.54) is 11.3 Å². The Kier molecular flexibility index (Phi) is 4.91. The number of aromatic nitrogens is 3. The number of fused-ring (bicyclic) bond motifs is 9. The SMILES string of the molecule is [2H]c1c([2H])c([2H])c2c(sc3c([2H])c(-c4nc(-c5ccccc5)nc(-c5ccc6oc7ccccc7c6c5)n4)c([2H])c([2H])c32)c1-c1ccc2c(c1)oc1ccccc12. The Morgan fingerprint density at radius 2 is 1.10 bits per heavy atom. The van der Waals surface area contributed by atoms with Crippen LogP contribution in [-0.2, 0) is 0 Å². The third-order valence-corrected chi connectivity index (χ3v) is 10.4. The van der Waals surface area contributed by atoms with E-state index in [0.717, 1.165) is 32.7 Å². The summed E-state index contributed by atoms with van der Waals surface area (Å²) < 4.78 is 68.3. The molecule has 0 aliphatic carbocycles. The average molecular weight is 678 g/mol. The zero-order valence-electron chi connectivity index (χ0n) is 32.5. The van der Waals surface area contributed by atoms with Crippen molar-refractivity contribution in [1.29, 1.82) is 0 Å². The molecule has 4 aromatic heterocycles. The molecular formula is C45H25N3O2S. The van der Waals surface area contributed by atoms with Crippen LogP contribution in [-0.4, -0.2) is 15.0 Å². The van der Waals surface area contributed by atoms with Crippen molar-refractivity contribution in [2.75, 3.05) is 0 Å². The van der Waals surface area contributed by atoms with Gasteiger partial charge in [0.05, 0.1) is 8.22 Å². The van der Waals surface area contributed by atoms with Crippen molar-refractivity contribution in [3.63, 3.8) is 0 Å². The van der Waals surface area contributed by atoms with Crippen molar-refractivity contribution >= 4 is 75.4 Å².